The van der Waals surface area contributed by atoms with Crippen molar-refractivity contribution in [1.29, 1.82) is 0 Å². The Hall–Kier alpha value is -2.37. The number of nitro groups is 1. The molecule has 0 bridgehead atoms. The second-order valence-electron chi connectivity index (χ2n) is 6.30. The Bertz CT molecular complexity index is 1020. The quantitative estimate of drug-likeness (QED) is 0.457. The summed E-state index contributed by atoms with van der Waals surface area (Å²) >= 11 is 3.24. The van der Waals surface area contributed by atoms with E-state index in [1.807, 2.05) is 4.90 Å². The Balaban J connectivity index is 1.79. The van der Waals surface area contributed by atoms with Gasteiger partial charge in [-0.05, 0) is 24.3 Å². The first-order valence-electron chi connectivity index (χ1n) is 8.69. The van der Waals surface area contributed by atoms with Crippen molar-refractivity contribution in [3.8, 4) is 11.5 Å². The number of hydrogen-bond acceptors (Lipinski definition) is 7. The molecule has 0 radical (unpaired) electrons. The number of benzene rings is 2. The van der Waals surface area contributed by atoms with E-state index in [9.17, 15) is 18.5 Å². The molecule has 29 heavy (non-hydrogen) atoms. The van der Waals surface area contributed by atoms with E-state index < -0.39 is 14.9 Å². The summed E-state index contributed by atoms with van der Waals surface area (Å²) in [5, 5.41) is 11.4. The second-order valence-corrected chi connectivity index (χ2v) is 9.15. The Labute approximate surface area is 177 Å². The lowest BCUT2D eigenvalue weighted by molar-refractivity contribution is -0.384. The van der Waals surface area contributed by atoms with Crippen LogP contribution in [-0.4, -0.2) is 58.0 Å². The molecule has 0 spiro atoms. The van der Waals surface area contributed by atoms with Crippen LogP contribution >= 0.6 is 15.9 Å². The molecule has 0 aromatic heterocycles. The van der Waals surface area contributed by atoms with Crippen LogP contribution in [0.4, 0.5) is 11.4 Å². The minimum Gasteiger partial charge on any atom is -0.493 e. The maximum atomic E-state index is 13.0. The van der Waals surface area contributed by atoms with E-state index in [1.165, 1.54) is 36.7 Å². The highest BCUT2D eigenvalue weighted by molar-refractivity contribution is 9.10. The molecule has 9 nitrogen and oxygen atoms in total. The predicted molar refractivity (Wildman–Crippen MR) is 111 cm³/mol. The van der Waals surface area contributed by atoms with Gasteiger partial charge in [-0.2, -0.15) is 4.31 Å². The van der Waals surface area contributed by atoms with Crippen molar-refractivity contribution in [2.45, 2.75) is 4.90 Å². The van der Waals surface area contributed by atoms with E-state index in [4.69, 9.17) is 9.47 Å². The number of nitrogens with zero attached hydrogens (tertiary/aromatic N) is 3. The van der Waals surface area contributed by atoms with Crippen LogP contribution in [0.15, 0.2) is 45.8 Å². The van der Waals surface area contributed by atoms with Crippen LogP contribution < -0.4 is 14.4 Å². The zero-order chi connectivity index (χ0) is 21.2. The lowest BCUT2D eigenvalue weighted by Gasteiger charge is -2.35. The molecule has 0 amide bonds. The van der Waals surface area contributed by atoms with Crippen LogP contribution in [0.3, 0.4) is 0 Å². The zero-order valence-corrected chi connectivity index (χ0v) is 18.3. The van der Waals surface area contributed by atoms with Crippen molar-refractivity contribution in [1.82, 2.24) is 4.31 Å². The van der Waals surface area contributed by atoms with Crippen LogP contribution in [0.5, 0.6) is 11.5 Å². The first-order chi connectivity index (χ1) is 13.8. The number of rotatable bonds is 6. The molecule has 1 aliphatic heterocycles. The van der Waals surface area contributed by atoms with Crippen molar-refractivity contribution < 1.29 is 22.8 Å². The SMILES string of the molecule is COc1ccc(S(=O)(=O)N2CCN(c3ccc(Br)cc3[N+](=O)[O-])CC2)cc1OC. The van der Waals surface area contributed by atoms with Gasteiger partial charge in [-0.25, -0.2) is 8.42 Å². The summed E-state index contributed by atoms with van der Waals surface area (Å²) in [6.45, 7) is 1.11. The van der Waals surface area contributed by atoms with Crippen molar-refractivity contribution in [2.75, 3.05) is 45.3 Å². The minimum absolute atomic E-state index is 0.0180. The van der Waals surface area contributed by atoms with Gasteiger partial charge in [-0.1, -0.05) is 15.9 Å². The standard InChI is InChI=1S/C18H20BrN3O6S/c1-27-17-6-4-14(12-18(17)28-2)29(25,26)21-9-7-20(8-10-21)15-5-3-13(19)11-16(15)22(23)24/h3-6,11-12H,7-10H2,1-2H3. The molecule has 1 aliphatic rings. The molecule has 0 unspecified atom stereocenters. The summed E-state index contributed by atoms with van der Waals surface area (Å²) in [4.78, 5) is 12.9. The smallest absolute Gasteiger partial charge is 0.293 e. The van der Waals surface area contributed by atoms with Crippen LogP contribution in [0.1, 0.15) is 0 Å². The first kappa shape index (κ1) is 21.3. The van der Waals surface area contributed by atoms with Gasteiger partial charge in [-0.3, -0.25) is 10.1 Å². The maximum Gasteiger partial charge on any atom is 0.293 e. The fraction of sp³-hybridized carbons (Fsp3) is 0.333. The highest BCUT2D eigenvalue weighted by atomic mass is 79.9. The number of ether oxygens (including phenoxy) is 2. The monoisotopic (exact) mass is 485 g/mol. The number of halogens is 1. The summed E-state index contributed by atoms with van der Waals surface area (Å²) < 4.78 is 38.4. The van der Waals surface area contributed by atoms with E-state index in [0.717, 1.165) is 0 Å². The molecular formula is C18H20BrN3O6S. The minimum atomic E-state index is -3.73. The van der Waals surface area contributed by atoms with Gasteiger partial charge >= 0.3 is 0 Å². The lowest BCUT2D eigenvalue weighted by Crippen LogP contribution is -2.48. The molecule has 0 saturated carbocycles. The molecule has 156 valence electrons. The third-order valence-corrected chi connectivity index (χ3v) is 7.09. The van der Waals surface area contributed by atoms with Crippen molar-refractivity contribution in [2.24, 2.45) is 0 Å². The summed E-state index contributed by atoms with van der Waals surface area (Å²) in [6.07, 6.45) is 0. The van der Waals surface area contributed by atoms with Gasteiger partial charge in [0, 0.05) is 42.8 Å². The first-order valence-corrected chi connectivity index (χ1v) is 10.9. The number of sulfonamides is 1. The van der Waals surface area contributed by atoms with Crippen LogP contribution in [0.25, 0.3) is 0 Å². The fourth-order valence-electron chi connectivity index (χ4n) is 3.21. The van der Waals surface area contributed by atoms with Crippen molar-refractivity contribution in [3.63, 3.8) is 0 Å². The largest absolute Gasteiger partial charge is 0.493 e. The van der Waals surface area contributed by atoms with Gasteiger partial charge < -0.3 is 14.4 Å². The molecule has 0 N–H and O–H groups in total. The Morgan fingerprint density at radius 3 is 2.24 bits per heavy atom. The van der Waals surface area contributed by atoms with Crippen molar-refractivity contribution in [3.05, 3.63) is 51.0 Å². The molecule has 1 saturated heterocycles. The summed E-state index contributed by atoms with van der Waals surface area (Å²) in [5.74, 6) is 0.775. The molecule has 2 aromatic carbocycles. The molecule has 3 rings (SSSR count). The van der Waals surface area contributed by atoms with Gasteiger partial charge in [0.25, 0.3) is 5.69 Å². The topological polar surface area (TPSA) is 102 Å². The van der Waals surface area contributed by atoms with Crippen LogP contribution in [0.2, 0.25) is 0 Å². The third kappa shape index (κ3) is 4.31. The molecular weight excluding hydrogens is 466 g/mol. The fourth-order valence-corrected chi connectivity index (χ4v) is 4.99. The van der Waals surface area contributed by atoms with E-state index in [-0.39, 0.29) is 23.7 Å². The molecule has 0 aliphatic carbocycles. The van der Waals surface area contributed by atoms with Crippen LogP contribution in [0, 0.1) is 10.1 Å². The normalized spacial score (nSPS) is 15.2. The van der Waals surface area contributed by atoms with E-state index in [2.05, 4.69) is 15.9 Å². The Kier molecular flexibility index (Phi) is 6.30. The van der Waals surface area contributed by atoms with Gasteiger partial charge in [0.05, 0.1) is 24.0 Å². The van der Waals surface area contributed by atoms with Gasteiger partial charge in [0.15, 0.2) is 11.5 Å². The average molecular weight is 486 g/mol. The summed E-state index contributed by atoms with van der Waals surface area (Å²) in [7, 11) is -0.807. The van der Waals surface area contributed by atoms with Gasteiger partial charge in [-0.15, -0.1) is 0 Å². The second kappa shape index (κ2) is 8.56. The summed E-state index contributed by atoms with van der Waals surface area (Å²) in [5.41, 5.74) is 0.455. The number of piperazine rings is 1. The highest BCUT2D eigenvalue weighted by Crippen LogP contribution is 2.33. The molecule has 2 aromatic rings. The Morgan fingerprint density at radius 2 is 1.66 bits per heavy atom. The number of anilines is 1. The summed E-state index contributed by atoms with van der Waals surface area (Å²) in [6, 6.07) is 9.30. The predicted octanol–water partition coefficient (Wildman–Crippen LogP) is 2.89. The van der Waals surface area contributed by atoms with E-state index >= 15 is 0 Å². The van der Waals surface area contributed by atoms with Gasteiger partial charge in [0.2, 0.25) is 10.0 Å². The maximum absolute atomic E-state index is 13.0. The highest BCUT2D eigenvalue weighted by Gasteiger charge is 2.31. The average Bonchev–Trinajstić information content (AvgIpc) is 2.73. The lowest BCUT2D eigenvalue weighted by atomic mass is 10.2. The van der Waals surface area contributed by atoms with Crippen LogP contribution in [-0.2, 0) is 10.0 Å². The number of hydrogen-bond donors (Lipinski definition) is 0. The molecule has 0 atom stereocenters. The molecule has 1 heterocycles. The number of nitro benzene ring substituents is 1. The van der Waals surface area contributed by atoms with E-state index in [1.54, 1.807) is 18.2 Å². The van der Waals surface area contributed by atoms with Gasteiger partial charge in [0.1, 0.15) is 5.69 Å². The third-order valence-electron chi connectivity index (χ3n) is 4.71. The van der Waals surface area contributed by atoms with E-state index in [0.29, 0.717) is 34.7 Å². The number of methoxy groups -OCH3 is 2. The molecule has 11 heteroatoms. The zero-order valence-electron chi connectivity index (χ0n) is 15.9. The Morgan fingerprint density at radius 1 is 1.00 bits per heavy atom. The molecule has 1 fully saturated rings. The van der Waals surface area contributed by atoms with Crippen molar-refractivity contribution >= 4 is 37.3 Å².